The van der Waals surface area contributed by atoms with Crippen molar-refractivity contribution in [2.45, 2.75) is 32.4 Å². The van der Waals surface area contributed by atoms with Crippen LogP contribution in [0.15, 0.2) is 18.2 Å². The van der Waals surface area contributed by atoms with Crippen molar-refractivity contribution in [3.05, 3.63) is 23.8 Å². The van der Waals surface area contributed by atoms with Gasteiger partial charge in [0.1, 0.15) is 0 Å². The van der Waals surface area contributed by atoms with Gasteiger partial charge >= 0.3 is 0 Å². The first-order chi connectivity index (χ1) is 9.22. The smallest absolute Gasteiger partial charge is 0.161 e. The van der Waals surface area contributed by atoms with E-state index in [1.54, 1.807) is 7.11 Å². The molecule has 2 rings (SSSR count). The normalized spacial score (nSPS) is 17.4. The van der Waals surface area contributed by atoms with Crippen LogP contribution < -0.4 is 9.47 Å². The molecule has 1 N–H and O–H groups in total. The van der Waals surface area contributed by atoms with Crippen molar-refractivity contribution >= 4 is 0 Å². The van der Waals surface area contributed by atoms with E-state index in [1.807, 2.05) is 19.1 Å². The van der Waals surface area contributed by atoms with Gasteiger partial charge in [0.05, 0.1) is 19.8 Å². The summed E-state index contributed by atoms with van der Waals surface area (Å²) in [4.78, 5) is 2.36. The van der Waals surface area contributed by atoms with Crippen molar-refractivity contribution in [1.29, 1.82) is 0 Å². The van der Waals surface area contributed by atoms with Crippen LogP contribution in [0.3, 0.4) is 0 Å². The third kappa shape index (κ3) is 3.85. The summed E-state index contributed by atoms with van der Waals surface area (Å²) in [6, 6.07) is 6.09. The van der Waals surface area contributed by atoms with Gasteiger partial charge in [0, 0.05) is 19.6 Å². The maximum absolute atomic E-state index is 9.51. The second kappa shape index (κ2) is 6.78. The van der Waals surface area contributed by atoms with E-state index < -0.39 is 0 Å². The van der Waals surface area contributed by atoms with Crippen molar-refractivity contribution in [2.24, 2.45) is 0 Å². The van der Waals surface area contributed by atoms with Crippen LogP contribution in [0.4, 0.5) is 0 Å². The Hall–Kier alpha value is -1.26. The van der Waals surface area contributed by atoms with Gasteiger partial charge in [0.2, 0.25) is 0 Å². The molecule has 0 aliphatic carbocycles. The zero-order chi connectivity index (χ0) is 13.7. The number of likely N-dealkylation sites (tertiary alicyclic amines) is 1. The van der Waals surface area contributed by atoms with Crippen LogP contribution in [0.5, 0.6) is 11.5 Å². The second-order valence-electron chi connectivity index (χ2n) is 4.93. The van der Waals surface area contributed by atoms with Gasteiger partial charge in [0.25, 0.3) is 0 Å². The molecule has 1 aromatic carbocycles. The van der Waals surface area contributed by atoms with Gasteiger partial charge < -0.3 is 14.6 Å². The molecule has 106 valence electrons. The summed E-state index contributed by atoms with van der Waals surface area (Å²) in [6.07, 6.45) is 1.62. The van der Waals surface area contributed by atoms with Gasteiger partial charge in [-0.15, -0.1) is 0 Å². The molecule has 0 unspecified atom stereocenters. The molecule has 1 aliphatic heterocycles. The lowest BCUT2D eigenvalue weighted by Crippen LogP contribution is -2.35. The summed E-state index contributed by atoms with van der Waals surface area (Å²) in [5, 5.41) is 9.51. The summed E-state index contributed by atoms with van der Waals surface area (Å²) in [5.74, 6) is 1.58. The number of hydrogen-bond acceptors (Lipinski definition) is 4. The molecule has 1 saturated heterocycles. The molecule has 1 aliphatic rings. The largest absolute Gasteiger partial charge is 0.493 e. The molecule has 1 aromatic rings. The molecule has 1 fully saturated rings. The van der Waals surface area contributed by atoms with Gasteiger partial charge in [0.15, 0.2) is 11.5 Å². The average Bonchev–Trinajstić information content (AvgIpc) is 2.43. The molecule has 0 aromatic heterocycles. The van der Waals surface area contributed by atoms with E-state index in [0.29, 0.717) is 6.61 Å². The van der Waals surface area contributed by atoms with E-state index in [9.17, 15) is 5.11 Å². The summed E-state index contributed by atoms with van der Waals surface area (Å²) in [6.45, 7) is 5.41. The maximum atomic E-state index is 9.51. The molecule has 0 atom stereocenters. The van der Waals surface area contributed by atoms with Crippen LogP contribution in [-0.4, -0.2) is 42.9 Å². The minimum Gasteiger partial charge on any atom is -0.493 e. The SMILES string of the molecule is CCOc1ccc(CN2CCC(O)CC2)cc1OC. The number of hydrogen-bond donors (Lipinski definition) is 1. The molecular weight excluding hydrogens is 242 g/mol. The lowest BCUT2D eigenvalue weighted by atomic mass is 10.1. The molecule has 19 heavy (non-hydrogen) atoms. The number of piperidine rings is 1. The highest BCUT2D eigenvalue weighted by Crippen LogP contribution is 2.28. The van der Waals surface area contributed by atoms with Crippen LogP contribution in [0, 0.1) is 0 Å². The fraction of sp³-hybridized carbons (Fsp3) is 0.600. The number of methoxy groups -OCH3 is 1. The highest BCUT2D eigenvalue weighted by Gasteiger charge is 2.17. The number of ether oxygens (including phenoxy) is 2. The first-order valence-corrected chi connectivity index (χ1v) is 6.93. The first-order valence-electron chi connectivity index (χ1n) is 6.93. The third-order valence-electron chi connectivity index (χ3n) is 3.49. The Morgan fingerprint density at radius 1 is 1.26 bits per heavy atom. The standard InChI is InChI=1S/C15H23NO3/c1-3-19-14-5-4-12(10-15(14)18-2)11-16-8-6-13(17)7-9-16/h4-5,10,13,17H,3,6-9,11H2,1-2H3. The van der Waals surface area contributed by atoms with E-state index in [2.05, 4.69) is 11.0 Å². The summed E-state index contributed by atoms with van der Waals surface area (Å²) in [5.41, 5.74) is 1.22. The van der Waals surface area contributed by atoms with E-state index in [-0.39, 0.29) is 6.10 Å². The Bertz CT molecular complexity index is 400. The minimum atomic E-state index is -0.119. The van der Waals surface area contributed by atoms with Gasteiger partial charge in [-0.2, -0.15) is 0 Å². The fourth-order valence-corrected chi connectivity index (χ4v) is 2.42. The Morgan fingerprint density at radius 2 is 2.00 bits per heavy atom. The Balaban J connectivity index is 2.00. The first kappa shape index (κ1) is 14.2. The number of aliphatic hydroxyl groups excluding tert-OH is 1. The summed E-state index contributed by atoms with van der Waals surface area (Å²) >= 11 is 0. The van der Waals surface area contributed by atoms with Gasteiger partial charge in [-0.1, -0.05) is 6.07 Å². The van der Waals surface area contributed by atoms with E-state index in [1.165, 1.54) is 5.56 Å². The number of rotatable bonds is 5. The molecular formula is C15H23NO3. The minimum absolute atomic E-state index is 0.119. The number of benzene rings is 1. The zero-order valence-electron chi connectivity index (χ0n) is 11.8. The van der Waals surface area contributed by atoms with Crippen LogP contribution in [0.2, 0.25) is 0 Å². The Kier molecular flexibility index (Phi) is 5.05. The quantitative estimate of drug-likeness (QED) is 0.885. The van der Waals surface area contributed by atoms with E-state index in [0.717, 1.165) is 44.0 Å². The average molecular weight is 265 g/mol. The summed E-state index contributed by atoms with van der Waals surface area (Å²) < 4.78 is 10.9. The van der Waals surface area contributed by atoms with E-state index >= 15 is 0 Å². The van der Waals surface area contributed by atoms with Crippen LogP contribution in [0.1, 0.15) is 25.3 Å². The van der Waals surface area contributed by atoms with Crippen molar-refractivity contribution < 1.29 is 14.6 Å². The van der Waals surface area contributed by atoms with Gasteiger partial charge in [-0.25, -0.2) is 0 Å². The predicted octanol–water partition coefficient (Wildman–Crippen LogP) is 2.05. The van der Waals surface area contributed by atoms with Crippen molar-refractivity contribution in [3.8, 4) is 11.5 Å². The monoisotopic (exact) mass is 265 g/mol. The van der Waals surface area contributed by atoms with Crippen LogP contribution in [0.25, 0.3) is 0 Å². The van der Waals surface area contributed by atoms with Crippen molar-refractivity contribution in [2.75, 3.05) is 26.8 Å². The third-order valence-corrected chi connectivity index (χ3v) is 3.49. The summed E-state index contributed by atoms with van der Waals surface area (Å²) in [7, 11) is 1.67. The van der Waals surface area contributed by atoms with Gasteiger partial charge in [-0.05, 0) is 37.5 Å². The molecule has 4 heteroatoms. The van der Waals surface area contributed by atoms with E-state index in [4.69, 9.17) is 9.47 Å². The number of aliphatic hydroxyl groups is 1. The zero-order valence-corrected chi connectivity index (χ0v) is 11.8. The lowest BCUT2D eigenvalue weighted by molar-refractivity contribution is 0.0792. The van der Waals surface area contributed by atoms with Crippen molar-refractivity contribution in [3.63, 3.8) is 0 Å². The fourth-order valence-electron chi connectivity index (χ4n) is 2.42. The topological polar surface area (TPSA) is 41.9 Å². The number of nitrogens with zero attached hydrogens (tertiary/aromatic N) is 1. The highest BCUT2D eigenvalue weighted by atomic mass is 16.5. The molecule has 0 spiro atoms. The lowest BCUT2D eigenvalue weighted by Gasteiger charge is -2.29. The molecule has 4 nitrogen and oxygen atoms in total. The Morgan fingerprint density at radius 3 is 2.63 bits per heavy atom. The Labute approximate surface area is 114 Å². The molecule has 1 heterocycles. The molecule has 0 bridgehead atoms. The highest BCUT2D eigenvalue weighted by molar-refractivity contribution is 5.42. The predicted molar refractivity (Wildman–Crippen MR) is 74.7 cm³/mol. The van der Waals surface area contributed by atoms with Crippen LogP contribution in [-0.2, 0) is 6.54 Å². The van der Waals surface area contributed by atoms with Crippen LogP contribution >= 0.6 is 0 Å². The maximum Gasteiger partial charge on any atom is 0.161 e. The van der Waals surface area contributed by atoms with Crippen molar-refractivity contribution in [1.82, 2.24) is 4.90 Å². The second-order valence-corrected chi connectivity index (χ2v) is 4.93. The molecule has 0 radical (unpaired) electrons. The molecule has 0 saturated carbocycles. The molecule has 0 amide bonds. The van der Waals surface area contributed by atoms with Gasteiger partial charge in [-0.3, -0.25) is 4.90 Å².